The maximum Gasteiger partial charge on any atom is 0.257 e. The molecule has 1 heterocycles. The smallest absolute Gasteiger partial charge is 0.257 e. The van der Waals surface area contributed by atoms with Crippen molar-refractivity contribution in [2.24, 2.45) is 0 Å². The van der Waals surface area contributed by atoms with Gasteiger partial charge in [0.1, 0.15) is 0 Å². The fourth-order valence-corrected chi connectivity index (χ4v) is 5.27. The molecule has 0 fully saturated rings. The van der Waals surface area contributed by atoms with E-state index in [0.29, 0.717) is 18.2 Å². The number of carbonyl (C=O) groups excluding carboxylic acids is 1. The minimum atomic E-state index is -3.62. The minimum absolute atomic E-state index is 0.109. The first-order chi connectivity index (χ1) is 13.9. The second kappa shape index (κ2) is 9.30. The van der Waals surface area contributed by atoms with Crippen LogP contribution in [0.3, 0.4) is 0 Å². The fraction of sp³-hybridized carbons (Fsp3) is 0.238. The molecule has 1 N–H and O–H groups in total. The summed E-state index contributed by atoms with van der Waals surface area (Å²) in [4.78, 5) is 18.0. The summed E-state index contributed by atoms with van der Waals surface area (Å²) >= 11 is 1.40. The molecule has 0 aliphatic heterocycles. The van der Waals surface area contributed by atoms with E-state index in [9.17, 15) is 13.2 Å². The van der Waals surface area contributed by atoms with E-state index >= 15 is 0 Å². The number of nitrogens with zero attached hydrogens (tertiary/aromatic N) is 2. The molecule has 2 aromatic carbocycles. The molecule has 3 rings (SSSR count). The maximum absolute atomic E-state index is 12.7. The Morgan fingerprint density at radius 3 is 2.48 bits per heavy atom. The van der Waals surface area contributed by atoms with Crippen molar-refractivity contribution in [2.45, 2.75) is 25.2 Å². The molecule has 0 saturated carbocycles. The first-order valence-corrected chi connectivity index (χ1v) is 11.6. The molecule has 29 heavy (non-hydrogen) atoms. The summed E-state index contributed by atoms with van der Waals surface area (Å²) in [7, 11) is -3.62. The number of hydrogen-bond donors (Lipinski definition) is 1. The Balaban J connectivity index is 1.73. The van der Waals surface area contributed by atoms with Crippen molar-refractivity contribution < 1.29 is 13.2 Å². The first kappa shape index (κ1) is 21.2. The standard InChI is InChI=1S/C21H23N3O3S2/c1-3-24(4-2)29(26,27)19-12-8-11-17(14-19)20(25)23-21-22-15-18(28-21)13-16-9-6-5-7-10-16/h5-12,14-15H,3-4,13H2,1-2H3,(H,22,23,25). The van der Waals surface area contributed by atoms with Gasteiger partial charge in [-0.25, -0.2) is 13.4 Å². The van der Waals surface area contributed by atoms with Crippen LogP contribution >= 0.6 is 11.3 Å². The monoisotopic (exact) mass is 429 g/mol. The van der Waals surface area contributed by atoms with Crippen LogP contribution in [-0.2, 0) is 16.4 Å². The summed E-state index contributed by atoms with van der Waals surface area (Å²) in [6, 6.07) is 16.1. The number of hydrogen-bond acceptors (Lipinski definition) is 5. The number of rotatable bonds is 8. The zero-order valence-electron chi connectivity index (χ0n) is 16.3. The lowest BCUT2D eigenvalue weighted by molar-refractivity contribution is 0.102. The van der Waals surface area contributed by atoms with Gasteiger partial charge >= 0.3 is 0 Å². The quantitative estimate of drug-likeness (QED) is 0.587. The largest absolute Gasteiger partial charge is 0.298 e. The third-order valence-electron chi connectivity index (χ3n) is 4.43. The van der Waals surface area contributed by atoms with E-state index in [4.69, 9.17) is 0 Å². The number of aromatic nitrogens is 1. The lowest BCUT2D eigenvalue weighted by atomic mass is 10.1. The lowest BCUT2D eigenvalue weighted by Crippen LogP contribution is -2.30. The van der Waals surface area contributed by atoms with E-state index in [1.54, 1.807) is 32.2 Å². The maximum atomic E-state index is 12.7. The molecule has 0 atom stereocenters. The van der Waals surface area contributed by atoms with Gasteiger partial charge in [0.25, 0.3) is 5.91 Å². The average Bonchev–Trinajstić information content (AvgIpc) is 3.16. The van der Waals surface area contributed by atoms with Crippen molar-refractivity contribution in [3.8, 4) is 0 Å². The van der Waals surface area contributed by atoms with Crippen LogP contribution in [0, 0.1) is 0 Å². The topological polar surface area (TPSA) is 79.4 Å². The Morgan fingerprint density at radius 1 is 1.07 bits per heavy atom. The molecular weight excluding hydrogens is 406 g/mol. The summed E-state index contributed by atoms with van der Waals surface area (Å²) in [5.41, 5.74) is 1.45. The normalized spacial score (nSPS) is 11.6. The highest BCUT2D eigenvalue weighted by Crippen LogP contribution is 2.23. The summed E-state index contributed by atoms with van der Waals surface area (Å²) in [5, 5.41) is 3.24. The van der Waals surface area contributed by atoms with Crippen molar-refractivity contribution in [2.75, 3.05) is 18.4 Å². The number of thiazole rings is 1. The molecule has 1 amide bonds. The number of anilines is 1. The van der Waals surface area contributed by atoms with E-state index < -0.39 is 10.0 Å². The van der Waals surface area contributed by atoms with Crippen LogP contribution in [0.2, 0.25) is 0 Å². The highest BCUT2D eigenvalue weighted by molar-refractivity contribution is 7.89. The molecule has 1 aromatic heterocycles. The van der Waals surface area contributed by atoms with Crippen LogP contribution in [0.5, 0.6) is 0 Å². The summed E-state index contributed by atoms with van der Waals surface area (Å²) in [6.45, 7) is 4.32. The second-order valence-electron chi connectivity index (χ2n) is 6.37. The molecule has 0 aliphatic rings. The van der Waals surface area contributed by atoms with Crippen molar-refractivity contribution in [3.63, 3.8) is 0 Å². The van der Waals surface area contributed by atoms with Gasteiger partial charge in [-0.15, -0.1) is 11.3 Å². The number of sulfonamides is 1. The number of nitrogens with one attached hydrogen (secondary N) is 1. The zero-order chi connectivity index (χ0) is 20.9. The Hall–Kier alpha value is -2.55. The molecule has 0 aliphatic carbocycles. The Labute approximate surface area is 175 Å². The van der Waals surface area contributed by atoms with Gasteiger partial charge in [-0.05, 0) is 23.8 Å². The van der Waals surface area contributed by atoms with Crippen LogP contribution in [0.1, 0.15) is 34.6 Å². The molecule has 6 nitrogen and oxygen atoms in total. The summed E-state index contributed by atoms with van der Waals surface area (Å²) < 4.78 is 26.7. The molecule has 0 radical (unpaired) electrons. The first-order valence-electron chi connectivity index (χ1n) is 9.34. The van der Waals surface area contributed by atoms with Crippen molar-refractivity contribution in [1.82, 2.24) is 9.29 Å². The zero-order valence-corrected chi connectivity index (χ0v) is 18.0. The van der Waals surface area contributed by atoms with E-state index in [-0.39, 0.29) is 16.4 Å². The van der Waals surface area contributed by atoms with Crippen LogP contribution in [-0.4, -0.2) is 36.7 Å². The average molecular weight is 430 g/mol. The van der Waals surface area contributed by atoms with E-state index in [2.05, 4.69) is 10.3 Å². The van der Waals surface area contributed by atoms with Gasteiger partial charge in [-0.1, -0.05) is 50.2 Å². The number of benzene rings is 2. The SMILES string of the molecule is CCN(CC)S(=O)(=O)c1cccc(C(=O)Nc2ncc(Cc3ccccc3)s2)c1. The van der Waals surface area contributed by atoms with Gasteiger partial charge in [0, 0.05) is 36.1 Å². The highest BCUT2D eigenvalue weighted by atomic mass is 32.2. The second-order valence-corrected chi connectivity index (χ2v) is 9.42. The van der Waals surface area contributed by atoms with E-state index in [1.807, 2.05) is 30.3 Å². The molecule has 152 valence electrons. The summed E-state index contributed by atoms with van der Waals surface area (Å²) in [5.74, 6) is -0.387. The molecule has 0 unspecified atom stereocenters. The van der Waals surface area contributed by atoms with Gasteiger partial charge < -0.3 is 0 Å². The van der Waals surface area contributed by atoms with Gasteiger partial charge in [0.15, 0.2) is 5.13 Å². The highest BCUT2D eigenvalue weighted by Gasteiger charge is 2.22. The van der Waals surface area contributed by atoms with Crippen molar-refractivity contribution >= 4 is 32.4 Å². The number of amides is 1. The lowest BCUT2D eigenvalue weighted by Gasteiger charge is -2.18. The molecular formula is C21H23N3O3S2. The summed E-state index contributed by atoms with van der Waals surface area (Å²) in [6.07, 6.45) is 2.49. The van der Waals surface area contributed by atoms with Crippen LogP contribution < -0.4 is 5.32 Å². The fourth-order valence-electron chi connectivity index (χ4n) is 2.92. The van der Waals surface area contributed by atoms with E-state index in [0.717, 1.165) is 11.3 Å². The Bertz CT molecular complexity index is 1080. The van der Waals surface area contributed by atoms with Gasteiger partial charge in [-0.3, -0.25) is 10.1 Å². The Morgan fingerprint density at radius 2 is 1.79 bits per heavy atom. The predicted octanol–water partition coefficient (Wildman–Crippen LogP) is 4.02. The van der Waals surface area contributed by atoms with Crippen molar-refractivity contribution in [1.29, 1.82) is 0 Å². The van der Waals surface area contributed by atoms with E-state index in [1.165, 1.54) is 33.3 Å². The van der Waals surface area contributed by atoms with Crippen LogP contribution in [0.25, 0.3) is 0 Å². The van der Waals surface area contributed by atoms with Crippen LogP contribution in [0.15, 0.2) is 65.7 Å². The van der Waals surface area contributed by atoms with Crippen LogP contribution in [0.4, 0.5) is 5.13 Å². The molecule has 3 aromatic rings. The minimum Gasteiger partial charge on any atom is -0.298 e. The Kier molecular flexibility index (Phi) is 6.79. The predicted molar refractivity (Wildman–Crippen MR) is 116 cm³/mol. The van der Waals surface area contributed by atoms with Gasteiger partial charge in [0.2, 0.25) is 10.0 Å². The third-order valence-corrected chi connectivity index (χ3v) is 7.39. The molecule has 0 saturated heterocycles. The molecule has 8 heteroatoms. The van der Waals surface area contributed by atoms with Gasteiger partial charge in [-0.2, -0.15) is 4.31 Å². The number of carbonyl (C=O) groups is 1. The molecule has 0 spiro atoms. The van der Waals surface area contributed by atoms with Crippen molar-refractivity contribution in [3.05, 3.63) is 76.8 Å². The van der Waals surface area contributed by atoms with Gasteiger partial charge in [0.05, 0.1) is 4.90 Å². The molecule has 0 bridgehead atoms. The third kappa shape index (κ3) is 5.09.